The number of aromatic hydroxyl groups is 1. The first kappa shape index (κ1) is 14.7. The standard InChI is InChI=1S/C20H18OS/c1-13-3-9-17(15-5-7-16(21)8-6-15)18(11-13)19-12-14(2)4-10-20(19)22/h3-12,21-22H,1-2H3. The summed E-state index contributed by atoms with van der Waals surface area (Å²) >= 11 is 4.63. The van der Waals surface area contributed by atoms with Crippen molar-refractivity contribution in [2.45, 2.75) is 18.7 Å². The van der Waals surface area contributed by atoms with Gasteiger partial charge in [-0.3, -0.25) is 0 Å². The zero-order chi connectivity index (χ0) is 15.7. The van der Waals surface area contributed by atoms with Crippen molar-refractivity contribution in [3.63, 3.8) is 0 Å². The quantitative estimate of drug-likeness (QED) is 0.588. The van der Waals surface area contributed by atoms with E-state index >= 15 is 0 Å². The van der Waals surface area contributed by atoms with Gasteiger partial charge in [-0.05, 0) is 54.3 Å². The van der Waals surface area contributed by atoms with Crippen molar-refractivity contribution in [2.75, 3.05) is 0 Å². The van der Waals surface area contributed by atoms with Crippen LogP contribution in [0.3, 0.4) is 0 Å². The van der Waals surface area contributed by atoms with Gasteiger partial charge >= 0.3 is 0 Å². The average molecular weight is 306 g/mol. The van der Waals surface area contributed by atoms with Crippen LogP contribution < -0.4 is 0 Å². The van der Waals surface area contributed by atoms with Crippen molar-refractivity contribution < 1.29 is 5.11 Å². The van der Waals surface area contributed by atoms with E-state index < -0.39 is 0 Å². The van der Waals surface area contributed by atoms with E-state index in [-0.39, 0.29) is 5.75 Å². The molecule has 0 aliphatic rings. The van der Waals surface area contributed by atoms with Gasteiger partial charge < -0.3 is 5.11 Å². The van der Waals surface area contributed by atoms with E-state index in [4.69, 9.17) is 0 Å². The van der Waals surface area contributed by atoms with Gasteiger partial charge in [0.25, 0.3) is 0 Å². The van der Waals surface area contributed by atoms with Crippen molar-refractivity contribution in [3.8, 4) is 28.0 Å². The first-order valence-electron chi connectivity index (χ1n) is 7.24. The van der Waals surface area contributed by atoms with Gasteiger partial charge in [-0.25, -0.2) is 0 Å². The number of aryl methyl sites for hydroxylation is 2. The number of hydrogen-bond acceptors (Lipinski definition) is 2. The Labute approximate surface area is 136 Å². The Bertz CT molecular complexity index is 820. The Hall–Kier alpha value is -2.19. The van der Waals surface area contributed by atoms with Gasteiger partial charge in [0.2, 0.25) is 0 Å². The zero-order valence-electron chi connectivity index (χ0n) is 12.7. The van der Waals surface area contributed by atoms with Crippen LogP contribution in [0.25, 0.3) is 22.3 Å². The smallest absolute Gasteiger partial charge is 0.115 e. The minimum atomic E-state index is 0.280. The summed E-state index contributed by atoms with van der Waals surface area (Å²) in [7, 11) is 0. The van der Waals surface area contributed by atoms with Gasteiger partial charge in [-0.15, -0.1) is 12.6 Å². The van der Waals surface area contributed by atoms with E-state index in [0.717, 1.165) is 21.6 Å². The first-order valence-corrected chi connectivity index (χ1v) is 7.69. The van der Waals surface area contributed by atoms with Crippen molar-refractivity contribution in [1.29, 1.82) is 0 Å². The van der Waals surface area contributed by atoms with Crippen LogP contribution in [0.1, 0.15) is 11.1 Å². The first-order chi connectivity index (χ1) is 10.5. The molecule has 0 amide bonds. The van der Waals surface area contributed by atoms with Crippen LogP contribution in [0.5, 0.6) is 5.75 Å². The molecule has 3 aromatic rings. The van der Waals surface area contributed by atoms with Crippen LogP contribution in [0.4, 0.5) is 0 Å². The number of hydrogen-bond donors (Lipinski definition) is 2. The lowest BCUT2D eigenvalue weighted by atomic mass is 9.92. The molecule has 0 aliphatic heterocycles. The lowest BCUT2D eigenvalue weighted by Crippen LogP contribution is -1.89. The molecule has 3 aromatic carbocycles. The Morgan fingerprint density at radius 2 is 1.27 bits per heavy atom. The summed E-state index contributed by atoms with van der Waals surface area (Å²) in [6, 6.07) is 20.0. The lowest BCUT2D eigenvalue weighted by molar-refractivity contribution is 0.475. The Morgan fingerprint density at radius 1 is 0.682 bits per heavy atom. The summed E-state index contributed by atoms with van der Waals surface area (Å²) in [5, 5.41) is 9.50. The maximum atomic E-state index is 9.50. The van der Waals surface area contributed by atoms with Crippen molar-refractivity contribution in [1.82, 2.24) is 0 Å². The Kier molecular flexibility index (Phi) is 3.95. The van der Waals surface area contributed by atoms with Crippen LogP contribution in [0, 0.1) is 13.8 Å². The molecular weight excluding hydrogens is 288 g/mol. The molecule has 0 aliphatic carbocycles. The van der Waals surface area contributed by atoms with E-state index in [0.29, 0.717) is 0 Å². The molecule has 2 heteroatoms. The fourth-order valence-corrected chi connectivity index (χ4v) is 2.90. The molecule has 0 spiro atoms. The van der Waals surface area contributed by atoms with E-state index in [2.05, 4.69) is 56.8 Å². The topological polar surface area (TPSA) is 20.2 Å². The fraction of sp³-hybridized carbons (Fsp3) is 0.100. The monoisotopic (exact) mass is 306 g/mol. The normalized spacial score (nSPS) is 10.7. The number of thiol groups is 1. The van der Waals surface area contributed by atoms with Crippen LogP contribution in [0.2, 0.25) is 0 Å². The van der Waals surface area contributed by atoms with Crippen molar-refractivity contribution in [3.05, 3.63) is 71.8 Å². The molecule has 0 heterocycles. The summed E-state index contributed by atoms with van der Waals surface area (Å²) in [5.74, 6) is 0.280. The van der Waals surface area contributed by atoms with Gasteiger partial charge in [-0.1, -0.05) is 53.6 Å². The Morgan fingerprint density at radius 3 is 1.95 bits per heavy atom. The molecule has 0 radical (unpaired) electrons. The van der Waals surface area contributed by atoms with E-state index in [1.54, 1.807) is 12.1 Å². The number of phenols is 1. The van der Waals surface area contributed by atoms with Gasteiger partial charge in [0.1, 0.15) is 5.75 Å². The van der Waals surface area contributed by atoms with E-state index in [1.807, 2.05) is 18.2 Å². The third-order valence-corrected chi connectivity index (χ3v) is 4.19. The number of phenolic OH excluding ortho intramolecular Hbond substituents is 1. The molecule has 22 heavy (non-hydrogen) atoms. The molecule has 1 N–H and O–H groups in total. The predicted molar refractivity (Wildman–Crippen MR) is 95.7 cm³/mol. The zero-order valence-corrected chi connectivity index (χ0v) is 13.6. The van der Waals surface area contributed by atoms with Crippen LogP contribution in [-0.4, -0.2) is 5.11 Å². The number of rotatable bonds is 2. The summed E-state index contributed by atoms with van der Waals surface area (Å²) in [6.07, 6.45) is 0. The maximum Gasteiger partial charge on any atom is 0.115 e. The van der Waals surface area contributed by atoms with Crippen molar-refractivity contribution >= 4 is 12.6 Å². The minimum absolute atomic E-state index is 0.280. The van der Waals surface area contributed by atoms with Gasteiger partial charge in [0.05, 0.1) is 0 Å². The molecular formula is C20H18OS. The van der Waals surface area contributed by atoms with Crippen molar-refractivity contribution in [2.24, 2.45) is 0 Å². The molecule has 0 saturated carbocycles. The highest BCUT2D eigenvalue weighted by molar-refractivity contribution is 7.80. The van der Waals surface area contributed by atoms with E-state index in [1.165, 1.54) is 16.7 Å². The highest BCUT2D eigenvalue weighted by Crippen LogP contribution is 2.37. The molecule has 1 nitrogen and oxygen atoms in total. The highest BCUT2D eigenvalue weighted by atomic mass is 32.1. The Balaban J connectivity index is 2.24. The minimum Gasteiger partial charge on any atom is -0.508 e. The molecule has 0 bridgehead atoms. The summed E-state index contributed by atoms with van der Waals surface area (Å²) in [6.45, 7) is 4.19. The fourth-order valence-electron chi connectivity index (χ4n) is 2.64. The molecule has 110 valence electrons. The maximum absolute atomic E-state index is 9.50. The summed E-state index contributed by atoms with van der Waals surface area (Å²) in [5.41, 5.74) is 6.96. The largest absolute Gasteiger partial charge is 0.508 e. The third kappa shape index (κ3) is 2.88. The highest BCUT2D eigenvalue weighted by Gasteiger charge is 2.11. The molecule has 0 fully saturated rings. The van der Waals surface area contributed by atoms with Gasteiger partial charge in [0, 0.05) is 4.90 Å². The summed E-state index contributed by atoms with van der Waals surface area (Å²) in [4.78, 5) is 0.969. The third-order valence-electron chi connectivity index (χ3n) is 3.80. The second-order valence-electron chi connectivity index (χ2n) is 5.62. The van der Waals surface area contributed by atoms with E-state index in [9.17, 15) is 5.11 Å². The molecule has 0 saturated heterocycles. The van der Waals surface area contributed by atoms with Crippen LogP contribution in [-0.2, 0) is 0 Å². The van der Waals surface area contributed by atoms with Gasteiger partial charge in [0.15, 0.2) is 0 Å². The SMILES string of the molecule is Cc1ccc(S)c(-c2cc(C)ccc2-c2ccc(O)cc2)c1. The van der Waals surface area contributed by atoms with Gasteiger partial charge in [-0.2, -0.15) is 0 Å². The second-order valence-corrected chi connectivity index (χ2v) is 6.10. The predicted octanol–water partition coefficient (Wildman–Crippen LogP) is 5.63. The average Bonchev–Trinajstić information content (AvgIpc) is 2.51. The van der Waals surface area contributed by atoms with Crippen LogP contribution >= 0.6 is 12.6 Å². The number of benzene rings is 3. The second kappa shape index (κ2) is 5.90. The van der Waals surface area contributed by atoms with Crippen LogP contribution in [0.15, 0.2) is 65.6 Å². The molecule has 0 atom stereocenters. The lowest BCUT2D eigenvalue weighted by Gasteiger charge is -2.14. The molecule has 0 unspecified atom stereocenters. The summed E-state index contributed by atoms with van der Waals surface area (Å²) < 4.78 is 0. The molecule has 3 rings (SSSR count). The molecule has 0 aromatic heterocycles.